The molecule has 0 spiro atoms. The molecule has 2 nitrogen and oxygen atoms in total. The summed E-state index contributed by atoms with van der Waals surface area (Å²) in [5.41, 5.74) is 1.03. The van der Waals surface area contributed by atoms with Crippen molar-refractivity contribution in [1.29, 1.82) is 0 Å². The van der Waals surface area contributed by atoms with Crippen molar-refractivity contribution >= 4 is 0 Å². The van der Waals surface area contributed by atoms with E-state index >= 15 is 0 Å². The number of aliphatic hydroxyl groups is 1. The number of hydrogen-bond donors (Lipinski definition) is 1. The summed E-state index contributed by atoms with van der Waals surface area (Å²) >= 11 is 0. The van der Waals surface area contributed by atoms with Gasteiger partial charge >= 0.3 is 0 Å². The van der Waals surface area contributed by atoms with E-state index in [9.17, 15) is 0 Å². The van der Waals surface area contributed by atoms with Gasteiger partial charge in [0.1, 0.15) is 11.9 Å². The van der Waals surface area contributed by atoms with E-state index in [4.69, 9.17) is 9.84 Å². The van der Waals surface area contributed by atoms with Crippen LogP contribution in [0.4, 0.5) is 0 Å². The fourth-order valence-corrected chi connectivity index (χ4v) is 1.19. The van der Waals surface area contributed by atoms with Crippen LogP contribution < -0.4 is 4.74 Å². The second-order valence-electron chi connectivity index (χ2n) is 3.14. The van der Waals surface area contributed by atoms with Crippen LogP contribution in [-0.4, -0.2) is 17.8 Å². The Morgan fingerprint density at radius 2 is 2.21 bits per heavy atom. The van der Waals surface area contributed by atoms with Crippen LogP contribution in [0.3, 0.4) is 0 Å². The molecule has 0 saturated heterocycles. The van der Waals surface area contributed by atoms with Gasteiger partial charge in [0, 0.05) is 6.61 Å². The molecule has 1 rings (SSSR count). The molecule has 0 saturated carbocycles. The van der Waals surface area contributed by atoms with E-state index in [0.29, 0.717) is 6.42 Å². The molecule has 1 unspecified atom stereocenters. The highest BCUT2D eigenvalue weighted by molar-refractivity contribution is 5.33. The molecule has 0 radical (unpaired) electrons. The van der Waals surface area contributed by atoms with E-state index in [1.165, 1.54) is 0 Å². The van der Waals surface area contributed by atoms with Crippen molar-refractivity contribution in [3.8, 4) is 5.75 Å². The van der Waals surface area contributed by atoms with Crippen molar-refractivity contribution in [2.75, 3.05) is 6.61 Å². The van der Waals surface area contributed by atoms with Gasteiger partial charge in [-0.3, -0.25) is 0 Å². The Morgan fingerprint density at radius 1 is 1.50 bits per heavy atom. The highest BCUT2D eigenvalue weighted by Crippen LogP contribution is 2.19. The summed E-state index contributed by atoms with van der Waals surface area (Å²) in [6.07, 6.45) is 2.37. The first-order valence-corrected chi connectivity index (χ1v) is 4.76. The Morgan fingerprint density at radius 3 is 2.86 bits per heavy atom. The lowest BCUT2D eigenvalue weighted by molar-refractivity contribution is 0.261. The molecular weight excluding hydrogens is 176 g/mol. The van der Waals surface area contributed by atoms with Gasteiger partial charge in [-0.1, -0.05) is 30.9 Å². The average molecular weight is 192 g/mol. The minimum Gasteiger partial charge on any atom is -0.486 e. The molecule has 1 N–H and O–H groups in total. The van der Waals surface area contributed by atoms with Gasteiger partial charge in [0.05, 0.1) is 0 Å². The molecule has 0 heterocycles. The van der Waals surface area contributed by atoms with Crippen LogP contribution in [0, 0.1) is 0 Å². The molecule has 0 aliphatic carbocycles. The number of para-hydroxylation sites is 1. The molecule has 0 aliphatic rings. The normalized spacial score (nSPS) is 12.1. The van der Waals surface area contributed by atoms with Crippen LogP contribution in [0.25, 0.3) is 0 Å². The Kier molecular flexibility index (Phi) is 4.20. The summed E-state index contributed by atoms with van der Waals surface area (Å²) in [6.45, 7) is 5.73. The van der Waals surface area contributed by atoms with Crippen molar-refractivity contribution in [3.63, 3.8) is 0 Å². The number of rotatable bonds is 5. The van der Waals surface area contributed by atoms with Crippen molar-refractivity contribution in [3.05, 3.63) is 42.5 Å². The molecule has 0 fully saturated rings. The van der Waals surface area contributed by atoms with Gasteiger partial charge in [0.25, 0.3) is 0 Å². The number of ether oxygens (including phenoxy) is 1. The summed E-state index contributed by atoms with van der Waals surface area (Å²) < 4.78 is 5.62. The quantitative estimate of drug-likeness (QED) is 0.724. The molecule has 0 bridgehead atoms. The molecule has 0 amide bonds. The zero-order valence-corrected chi connectivity index (χ0v) is 8.44. The number of aliphatic hydroxyl groups excluding tert-OH is 1. The zero-order valence-electron chi connectivity index (χ0n) is 8.44. The maximum Gasteiger partial charge on any atom is 0.123 e. The second kappa shape index (κ2) is 5.45. The fraction of sp³-hybridized carbons (Fsp3) is 0.333. The Bertz CT molecular complexity index is 294. The Hall–Kier alpha value is -1.28. The third-order valence-corrected chi connectivity index (χ3v) is 2.00. The van der Waals surface area contributed by atoms with Crippen LogP contribution in [0.1, 0.15) is 12.5 Å². The summed E-state index contributed by atoms with van der Waals surface area (Å²) in [4.78, 5) is 0. The third kappa shape index (κ3) is 2.89. The summed E-state index contributed by atoms with van der Waals surface area (Å²) in [6, 6.07) is 7.73. The van der Waals surface area contributed by atoms with Crippen molar-refractivity contribution in [1.82, 2.24) is 0 Å². The maximum atomic E-state index is 8.86. The van der Waals surface area contributed by atoms with E-state index in [1.807, 2.05) is 31.2 Å². The predicted octanol–water partition coefficient (Wildman–Crippen LogP) is 2.17. The fourth-order valence-electron chi connectivity index (χ4n) is 1.19. The summed E-state index contributed by atoms with van der Waals surface area (Å²) in [5, 5.41) is 8.86. The van der Waals surface area contributed by atoms with E-state index in [1.54, 1.807) is 6.08 Å². The Labute approximate surface area is 84.8 Å². The lowest BCUT2D eigenvalue weighted by Crippen LogP contribution is -2.09. The van der Waals surface area contributed by atoms with Gasteiger partial charge in [0.2, 0.25) is 0 Å². The van der Waals surface area contributed by atoms with E-state index < -0.39 is 0 Å². The minimum absolute atomic E-state index is 0.00478. The summed E-state index contributed by atoms with van der Waals surface area (Å²) in [7, 11) is 0. The smallest absolute Gasteiger partial charge is 0.123 e. The van der Waals surface area contributed by atoms with Gasteiger partial charge in [-0.2, -0.15) is 0 Å². The number of benzene rings is 1. The van der Waals surface area contributed by atoms with Gasteiger partial charge in [0.15, 0.2) is 0 Å². The first kappa shape index (κ1) is 10.8. The van der Waals surface area contributed by atoms with Crippen LogP contribution >= 0.6 is 0 Å². The molecule has 1 atom stereocenters. The van der Waals surface area contributed by atoms with Gasteiger partial charge in [-0.25, -0.2) is 0 Å². The molecule has 1 aromatic carbocycles. The lowest BCUT2D eigenvalue weighted by atomic mass is 10.1. The highest BCUT2D eigenvalue weighted by Gasteiger charge is 2.04. The van der Waals surface area contributed by atoms with Crippen LogP contribution in [0.5, 0.6) is 5.75 Å². The monoisotopic (exact) mass is 192 g/mol. The lowest BCUT2D eigenvalue weighted by Gasteiger charge is -2.13. The van der Waals surface area contributed by atoms with Gasteiger partial charge < -0.3 is 9.84 Å². The molecule has 76 valence electrons. The first-order valence-electron chi connectivity index (χ1n) is 4.76. The third-order valence-electron chi connectivity index (χ3n) is 2.00. The number of hydrogen-bond acceptors (Lipinski definition) is 2. The minimum atomic E-state index is -0.00478. The molecule has 0 aliphatic heterocycles. The van der Waals surface area contributed by atoms with E-state index in [-0.39, 0.29) is 12.7 Å². The van der Waals surface area contributed by atoms with Gasteiger partial charge in [-0.05, 0) is 25.0 Å². The molecule has 1 aromatic rings. The van der Waals surface area contributed by atoms with Crippen LogP contribution in [0.2, 0.25) is 0 Å². The average Bonchev–Trinajstić information content (AvgIpc) is 2.21. The Balaban J connectivity index is 2.78. The largest absolute Gasteiger partial charge is 0.486 e. The molecule has 2 heteroatoms. The topological polar surface area (TPSA) is 29.5 Å². The van der Waals surface area contributed by atoms with Crippen molar-refractivity contribution in [2.45, 2.75) is 19.4 Å². The standard InChI is InChI=1S/C12H16O2/c1-3-10(2)14-12-7-5-4-6-11(12)8-9-13/h3-7,10,13H,1,8-9H2,2H3. The van der Waals surface area contributed by atoms with Crippen molar-refractivity contribution < 1.29 is 9.84 Å². The molecular formula is C12H16O2. The second-order valence-corrected chi connectivity index (χ2v) is 3.14. The molecule has 0 aromatic heterocycles. The molecule has 14 heavy (non-hydrogen) atoms. The van der Waals surface area contributed by atoms with E-state index in [2.05, 4.69) is 6.58 Å². The maximum absolute atomic E-state index is 8.86. The SMILES string of the molecule is C=CC(C)Oc1ccccc1CCO. The van der Waals surface area contributed by atoms with Crippen LogP contribution in [0.15, 0.2) is 36.9 Å². The van der Waals surface area contributed by atoms with Gasteiger partial charge in [-0.15, -0.1) is 0 Å². The van der Waals surface area contributed by atoms with E-state index in [0.717, 1.165) is 11.3 Å². The predicted molar refractivity (Wildman–Crippen MR) is 57.5 cm³/mol. The van der Waals surface area contributed by atoms with Crippen molar-refractivity contribution in [2.24, 2.45) is 0 Å². The zero-order chi connectivity index (χ0) is 10.4. The summed E-state index contributed by atoms with van der Waals surface area (Å²) in [5.74, 6) is 0.828. The highest BCUT2D eigenvalue weighted by atomic mass is 16.5. The first-order chi connectivity index (χ1) is 6.77. The van der Waals surface area contributed by atoms with Crippen LogP contribution in [-0.2, 0) is 6.42 Å².